The Morgan fingerprint density at radius 3 is 2.46 bits per heavy atom. The van der Waals surface area contributed by atoms with Crippen LogP contribution in [-0.2, 0) is 4.74 Å². The average Bonchev–Trinajstić information content (AvgIpc) is 2.01. The first-order chi connectivity index (χ1) is 5.95. The lowest BCUT2D eigenvalue weighted by atomic mass is 10.2. The smallest absolute Gasteiger partial charge is 0.0894 e. The van der Waals surface area contributed by atoms with Gasteiger partial charge in [-0.3, -0.25) is 0 Å². The van der Waals surface area contributed by atoms with Gasteiger partial charge >= 0.3 is 0 Å². The summed E-state index contributed by atoms with van der Waals surface area (Å²) in [5.74, 6) is 0. The van der Waals surface area contributed by atoms with Crippen LogP contribution in [0.5, 0.6) is 0 Å². The standard InChI is InChI=1S/C9H21NO3/c1-9(2,3)13-5-4-10-6-8(12)7-11/h8,10-12H,4-7H2,1-3H3. The van der Waals surface area contributed by atoms with Crippen molar-refractivity contribution in [3.05, 3.63) is 0 Å². The quantitative estimate of drug-likeness (QED) is 0.506. The Bertz CT molecular complexity index is 123. The van der Waals surface area contributed by atoms with E-state index in [0.29, 0.717) is 19.7 Å². The zero-order valence-corrected chi connectivity index (χ0v) is 8.71. The van der Waals surface area contributed by atoms with E-state index < -0.39 is 6.10 Å². The fraction of sp³-hybridized carbons (Fsp3) is 1.00. The Labute approximate surface area is 79.9 Å². The molecule has 0 aromatic heterocycles. The molecule has 4 nitrogen and oxygen atoms in total. The van der Waals surface area contributed by atoms with Gasteiger partial charge in [0.1, 0.15) is 0 Å². The molecular formula is C9H21NO3. The topological polar surface area (TPSA) is 61.7 Å². The summed E-state index contributed by atoms with van der Waals surface area (Å²) in [5.41, 5.74) is -0.114. The summed E-state index contributed by atoms with van der Waals surface area (Å²) in [6.45, 7) is 7.49. The van der Waals surface area contributed by atoms with Crippen molar-refractivity contribution in [1.29, 1.82) is 0 Å². The van der Waals surface area contributed by atoms with E-state index in [9.17, 15) is 0 Å². The van der Waals surface area contributed by atoms with Crippen molar-refractivity contribution >= 4 is 0 Å². The molecule has 0 heterocycles. The van der Waals surface area contributed by atoms with E-state index in [0.717, 1.165) is 0 Å². The fourth-order valence-electron chi connectivity index (χ4n) is 0.763. The lowest BCUT2D eigenvalue weighted by Crippen LogP contribution is -2.33. The Balaban J connectivity index is 3.18. The molecule has 0 aromatic rings. The van der Waals surface area contributed by atoms with Crippen molar-refractivity contribution in [3.8, 4) is 0 Å². The van der Waals surface area contributed by atoms with Gasteiger partial charge in [-0.25, -0.2) is 0 Å². The van der Waals surface area contributed by atoms with Crippen molar-refractivity contribution in [2.24, 2.45) is 0 Å². The number of hydrogen-bond donors (Lipinski definition) is 3. The second kappa shape index (κ2) is 6.32. The van der Waals surface area contributed by atoms with Gasteiger partial charge in [0, 0.05) is 13.1 Å². The van der Waals surface area contributed by atoms with Crippen LogP contribution in [0.3, 0.4) is 0 Å². The van der Waals surface area contributed by atoms with Crippen molar-refractivity contribution in [1.82, 2.24) is 5.32 Å². The van der Waals surface area contributed by atoms with Crippen LogP contribution in [0.25, 0.3) is 0 Å². The molecule has 0 aliphatic heterocycles. The highest BCUT2D eigenvalue weighted by atomic mass is 16.5. The molecule has 0 aromatic carbocycles. The minimum atomic E-state index is -0.672. The summed E-state index contributed by atoms with van der Waals surface area (Å²) in [6.07, 6.45) is -0.672. The molecule has 3 N–H and O–H groups in total. The number of hydrogen-bond acceptors (Lipinski definition) is 4. The molecule has 0 spiro atoms. The van der Waals surface area contributed by atoms with Crippen LogP contribution in [0.15, 0.2) is 0 Å². The summed E-state index contributed by atoms with van der Waals surface area (Å²) in [4.78, 5) is 0. The molecule has 13 heavy (non-hydrogen) atoms. The van der Waals surface area contributed by atoms with Crippen LogP contribution in [0.4, 0.5) is 0 Å². The molecule has 0 rings (SSSR count). The van der Waals surface area contributed by atoms with E-state index >= 15 is 0 Å². The van der Waals surface area contributed by atoms with Gasteiger partial charge in [-0.1, -0.05) is 0 Å². The first-order valence-electron chi connectivity index (χ1n) is 4.59. The predicted octanol–water partition coefficient (Wildman–Crippen LogP) is -0.256. The van der Waals surface area contributed by atoms with E-state index in [1.165, 1.54) is 0 Å². The molecule has 4 heteroatoms. The maximum Gasteiger partial charge on any atom is 0.0894 e. The third-order valence-electron chi connectivity index (χ3n) is 1.40. The van der Waals surface area contributed by atoms with Crippen LogP contribution in [-0.4, -0.2) is 48.2 Å². The van der Waals surface area contributed by atoms with Gasteiger partial charge in [-0.15, -0.1) is 0 Å². The van der Waals surface area contributed by atoms with Gasteiger partial charge in [0.25, 0.3) is 0 Å². The first kappa shape index (κ1) is 12.8. The highest BCUT2D eigenvalue weighted by molar-refractivity contribution is 4.60. The molecule has 0 radical (unpaired) electrons. The van der Waals surface area contributed by atoms with Gasteiger partial charge in [0.15, 0.2) is 0 Å². The SMILES string of the molecule is CC(C)(C)OCCNCC(O)CO. The molecule has 1 unspecified atom stereocenters. The van der Waals surface area contributed by atoms with Crippen LogP contribution < -0.4 is 5.32 Å². The number of ether oxygens (including phenoxy) is 1. The average molecular weight is 191 g/mol. The second-order valence-electron chi connectivity index (χ2n) is 4.00. The second-order valence-corrected chi connectivity index (χ2v) is 4.00. The van der Waals surface area contributed by atoms with E-state index in [1.54, 1.807) is 0 Å². The zero-order chi connectivity index (χ0) is 10.3. The molecular weight excluding hydrogens is 170 g/mol. The molecule has 0 saturated carbocycles. The summed E-state index contributed by atoms with van der Waals surface area (Å²) in [5, 5.41) is 20.4. The molecule has 0 fully saturated rings. The summed E-state index contributed by atoms with van der Waals surface area (Å²) >= 11 is 0. The first-order valence-corrected chi connectivity index (χ1v) is 4.59. The van der Waals surface area contributed by atoms with Gasteiger partial charge in [-0.2, -0.15) is 0 Å². The third kappa shape index (κ3) is 9.76. The minimum Gasteiger partial charge on any atom is -0.394 e. The molecule has 0 saturated heterocycles. The number of nitrogens with one attached hydrogen (secondary N) is 1. The van der Waals surface area contributed by atoms with Crippen LogP contribution in [0, 0.1) is 0 Å². The van der Waals surface area contributed by atoms with Gasteiger partial charge in [-0.05, 0) is 20.8 Å². The Kier molecular flexibility index (Phi) is 6.24. The van der Waals surface area contributed by atoms with E-state index in [4.69, 9.17) is 14.9 Å². The van der Waals surface area contributed by atoms with E-state index in [2.05, 4.69) is 5.32 Å². The van der Waals surface area contributed by atoms with Crippen molar-refractivity contribution in [2.75, 3.05) is 26.3 Å². The Hall–Kier alpha value is -0.160. The number of aliphatic hydroxyl groups is 2. The Morgan fingerprint density at radius 2 is 2.00 bits per heavy atom. The summed E-state index contributed by atoms with van der Waals surface area (Å²) < 4.78 is 5.44. The van der Waals surface area contributed by atoms with E-state index in [-0.39, 0.29) is 12.2 Å². The summed E-state index contributed by atoms with van der Waals surface area (Å²) in [7, 11) is 0. The fourth-order valence-corrected chi connectivity index (χ4v) is 0.763. The molecule has 0 bridgehead atoms. The molecule has 0 aliphatic rings. The monoisotopic (exact) mass is 191 g/mol. The van der Waals surface area contributed by atoms with Crippen molar-refractivity contribution in [3.63, 3.8) is 0 Å². The maximum absolute atomic E-state index is 8.96. The van der Waals surface area contributed by atoms with Gasteiger partial charge in [0.05, 0.1) is 24.9 Å². The van der Waals surface area contributed by atoms with Crippen LogP contribution in [0.1, 0.15) is 20.8 Å². The highest BCUT2D eigenvalue weighted by Crippen LogP contribution is 2.04. The Morgan fingerprint density at radius 1 is 1.38 bits per heavy atom. The molecule has 1 atom stereocenters. The predicted molar refractivity (Wildman–Crippen MR) is 51.7 cm³/mol. The normalized spacial score (nSPS) is 14.5. The van der Waals surface area contributed by atoms with Gasteiger partial charge < -0.3 is 20.3 Å². The third-order valence-corrected chi connectivity index (χ3v) is 1.40. The summed E-state index contributed by atoms with van der Waals surface area (Å²) in [6, 6.07) is 0. The minimum absolute atomic E-state index is 0.114. The largest absolute Gasteiger partial charge is 0.394 e. The molecule has 0 aliphatic carbocycles. The lowest BCUT2D eigenvalue weighted by molar-refractivity contribution is -0.00216. The number of rotatable bonds is 6. The van der Waals surface area contributed by atoms with Crippen LogP contribution in [0.2, 0.25) is 0 Å². The van der Waals surface area contributed by atoms with Gasteiger partial charge in [0.2, 0.25) is 0 Å². The van der Waals surface area contributed by atoms with Crippen molar-refractivity contribution in [2.45, 2.75) is 32.5 Å². The molecule has 80 valence electrons. The molecule has 0 amide bonds. The van der Waals surface area contributed by atoms with E-state index in [1.807, 2.05) is 20.8 Å². The lowest BCUT2D eigenvalue weighted by Gasteiger charge is -2.19. The number of aliphatic hydroxyl groups excluding tert-OH is 2. The zero-order valence-electron chi connectivity index (χ0n) is 8.71. The van der Waals surface area contributed by atoms with Crippen molar-refractivity contribution < 1.29 is 14.9 Å². The highest BCUT2D eigenvalue weighted by Gasteiger charge is 2.08. The van der Waals surface area contributed by atoms with Crippen LogP contribution >= 0.6 is 0 Å². The maximum atomic E-state index is 8.96.